The zero-order chi connectivity index (χ0) is 17.8. The van der Waals surface area contributed by atoms with Gasteiger partial charge in [-0.25, -0.2) is 4.98 Å². The van der Waals surface area contributed by atoms with Crippen LogP contribution >= 0.6 is 0 Å². The monoisotopic (exact) mass is 336 g/mol. The molecule has 6 nitrogen and oxygen atoms in total. The highest BCUT2D eigenvalue weighted by Gasteiger charge is 2.06. The average molecular weight is 336 g/mol. The lowest BCUT2D eigenvalue weighted by Crippen LogP contribution is -2.21. The molecule has 25 heavy (non-hydrogen) atoms. The van der Waals surface area contributed by atoms with E-state index in [4.69, 9.17) is 5.11 Å². The first-order valence-electron chi connectivity index (χ1n) is 8.05. The minimum Gasteiger partial charge on any atom is -0.395 e. The van der Waals surface area contributed by atoms with E-state index in [9.17, 15) is 4.79 Å². The Balaban J connectivity index is 1.89. The fraction of sp³-hybridized carbons (Fsp3) is 0.211. The van der Waals surface area contributed by atoms with Gasteiger partial charge in [0, 0.05) is 19.3 Å². The Labute approximate surface area is 145 Å². The molecule has 0 bridgehead atoms. The summed E-state index contributed by atoms with van der Waals surface area (Å²) in [5.41, 5.74) is 2.37. The number of nitrogens with zero attached hydrogens (tertiary/aromatic N) is 4. The second-order valence-corrected chi connectivity index (χ2v) is 5.77. The molecule has 0 atom stereocenters. The van der Waals surface area contributed by atoms with Gasteiger partial charge in [-0.2, -0.15) is 9.78 Å². The molecule has 6 heteroatoms. The molecular formula is C19H20N4O2. The van der Waals surface area contributed by atoms with Gasteiger partial charge in [0.1, 0.15) is 5.82 Å². The molecule has 1 aromatic heterocycles. The first-order chi connectivity index (χ1) is 12.1. The molecule has 3 aromatic rings. The first-order valence-corrected chi connectivity index (χ1v) is 8.05. The quantitative estimate of drug-likeness (QED) is 0.724. The van der Waals surface area contributed by atoms with E-state index < -0.39 is 0 Å². The van der Waals surface area contributed by atoms with Crippen LogP contribution in [0.25, 0.3) is 10.9 Å². The Morgan fingerprint density at radius 2 is 1.92 bits per heavy atom. The van der Waals surface area contributed by atoms with E-state index in [1.807, 2.05) is 54.4 Å². The average Bonchev–Trinajstić information content (AvgIpc) is 2.62. The summed E-state index contributed by atoms with van der Waals surface area (Å²) in [6.45, 7) is 2.44. The smallest absolute Gasteiger partial charge is 0.282 e. The Morgan fingerprint density at radius 3 is 2.64 bits per heavy atom. The zero-order valence-corrected chi connectivity index (χ0v) is 14.3. The highest BCUT2D eigenvalue weighted by Crippen LogP contribution is 2.13. The van der Waals surface area contributed by atoms with Crippen LogP contribution in [0.4, 0.5) is 5.69 Å². The van der Waals surface area contributed by atoms with Crippen LogP contribution in [0.5, 0.6) is 0 Å². The van der Waals surface area contributed by atoms with Gasteiger partial charge in [0.15, 0.2) is 0 Å². The standard InChI is InChI=1S/C19H20N4O2/c1-14-21-18-6-4-3-5-17(18)19(25)23(14)20-13-15-7-9-16(10-8-15)22(2)11-12-24/h3-10,13,24H,11-12H2,1-2H3. The Bertz CT molecular complexity index is 961. The summed E-state index contributed by atoms with van der Waals surface area (Å²) in [5.74, 6) is 0.541. The summed E-state index contributed by atoms with van der Waals surface area (Å²) < 4.78 is 1.31. The number of aryl methyl sites for hydroxylation is 1. The molecule has 0 radical (unpaired) electrons. The Hall–Kier alpha value is -2.99. The maximum absolute atomic E-state index is 12.6. The molecule has 1 heterocycles. The lowest BCUT2D eigenvalue weighted by atomic mass is 10.2. The summed E-state index contributed by atoms with van der Waals surface area (Å²) in [6.07, 6.45) is 1.64. The van der Waals surface area contributed by atoms with Crippen LogP contribution in [0.2, 0.25) is 0 Å². The molecule has 0 unspecified atom stereocenters. The van der Waals surface area contributed by atoms with Crippen molar-refractivity contribution in [2.45, 2.75) is 6.92 Å². The van der Waals surface area contributed by atoms with E-state index in [1.165, 1.54) is 4.68 Å². The van der Waals surface area contributed by atoms with E-state index in [-0.39, 0.29) is 12.2 Å². The van der Waals surface area contributed by atoms with Crippen LogP contribution in [0.1, 0.15) is 11.4 Å². The third-order valence-corrected chi connectivity index (χ3v) is 4.01. The van der Waals surface area contributed by atoms with E-state index >= 15 is 0 Å². The molecule has 0 fully saturated rings. The molecule has 0 aliphatic rings. The molecular weight excluding hydrogens is 316 g/mol. The molecule has 128 valence electrons. The Morgan fingerprint density at radius 1 is 1.20 bits per heavy atom. The largest absolute Gasteiger partial charge is 0.395 e. The van der Waals surface area contributed by atoms with Crippen molar-refractivity contribution in [3.63, 3.8) is 0 Å². The molecule has 0 amide bonds. The molecule has 0 aliphatic carbocycles. The van der Waals surface area contributed by atoms with Crippen molar-refractivity contribution in [1.82, 2.24) is 9.66 Å². The van der Waals surface area contributed by atoms with Gasteiger partial charge in [-0.05, 0) is 36.8 Å². The molecule has 0 aliphatic heterocycles. The molecule has 0 saturated heterocycles. The Kier molecular flexibility index (Phi) is 4.90. The van der Waals surface area contributed by atoms with Crippen LogP contribution < -0.4 is 10.5 Å². The van der Waals surface area contributed by atoms with Crippen molar-refractivity contribution >= 4 is 22.8 Å². The van der Waals surface area contributed by atoms with Gasteiger partial charge >= 0.3 is 0 Å². The lowest BCUT2D eigenvalue weighted by molar-refractivity contribution is 0.304. The van der Waals surface area contributed by atoms with Gasteiger partial charge in [-0.15, -0.1) is 0 Å². The number of likely N-dealkylation sites (N-methyl/N-ethyl adjacent to an activating group) is 1. The fourth-order valence-electron chi connectivity index (χ4n) is 2.59. The third kappa shape index (κ3) is 3.59. The third-order valence-electron chi connectivity index (χ3n) is 4.01. The van der Waals surface area contributed by atoms with Gasteiger partial charge in [0.25, 0.3) is 5.56 Å². The molecule has 2 aromatic carbocycles. The summed E-state index contributed by atoms with van der Waals surface area (Å²) in [5, 5.41) is 13.8. The van der Waals surface area contributed by atoms with Crippen molar-refractivity contribution in [3.8, 4) is 0 Å². The highest BCUT2D eigenvalue weighted by molar-refractivity contribution is 5.81. The van der Waals surface area contributed by atoms with Crippen LogP contribution in [0.3, 0.4) is 0 Å². The number of aliphatic hydroxyl groups excluding tert-OH is 1. The van der Waals surface area contributed by atoms with Crippen molar-refractivity contribution < 1.29 is 5.11 Å². The van der Waals surface area contributed by atoms with Gasteiger partial charge in [-0.1, -0.05) is 24.3 Å². The number of hydrogen-bond donors (Lipinski definition) is 1. The van der Waals surface area contributed by atoms with Crippen LogP contribution in [-0.4, -0.2) is 41.2 Å². The second kappa shape index (κ2) is 7.27. The van der Waals surface area contributed by atoms with E-state index in [0.29, 0.717) is 23.3 Å². The molecule has 1 N–H and O–H groups in total. The predicted octanol–water partition coefficient (Wildman–Crippen LogP) is 2.02. The van der Waals surface area contributed by atoms with Crippen molar-refractivity contribution in [2.24, 2.45) is 5.10 Å². The maximum Gasteiger partial charge on any atom is 0.282 e. The summed E-state index contributed by atoms with van der Waals surface area (Å²) in [7, 11) is 1.92. The van der Waals surface area contributed by atoms with E-state index in [2.05, 4.69) is 10.1 Å². The van der Waals surface area contributed by atoms with E-state index in [1.54, 1.807) is 19.2 Å². The summed E-state index contributed by atoms with van der Waals surface area (Å²) >= 11 is 0. The van der Waals surface area contributed by atoms with Gasteiger partial charge in [0.2, 0.25) is 0 Å². The summed E-state index contributed by atoms with van der Waals surface area (Å²) in [4.78, 5) is 19.0. The predicted molar refractivity (Wildman–Crippen MR) is 101 cm³/mol. The van der Waals surface area contributed by atoms with Gasteiger partial charge < -0.3 is 10.0 Å². The second-order valence-electron chi connectivity index (χ2n) is 5.77. The van der Waals surface area contributed by atoms with Crippen LogP contribution in [0.15, 0.2) is 58.4 Å². The molecule has 3 rings (SSSR count). The number of hydrogen-bond acceptors (Lipinski definition) is 5. The fourth-order valence-corrected chi connectivity index (χ4v) is 2.59. The topological polar surface area (TPSA) is 70.7 Å². The number of fused-ring (bicyclic) bond motifs is 1. The highest BCUT2D eigenvalue weighted by atomic mass is 16.3. The SMILES string of the molecule is Cc1nc2ccccc2c(=O)n1N=Cc1ccc(N(C)CCO)cc1. The van der Waals surface area contributed by atoms with Crippen LogP contribution in [-0.2, 0) is 0 Å². The van der Waals surface area contributed by atoms with E-state index in [0.717, 1.165) is 11.3 Å². The van der Waals surface area contributed by atoms with Crippen molar-refractivity contribution in [3.05, 3.63) is 70.3 Å². The van der Waals surface area contributed by atoms with Gasteiger partial charge in [-0.3, -0.25) is 4.79 Å². The minimum absolute atomic E-state index is 0.108. The number of benzene rings is 2. The molecule has 0 saturated carbocycles. The van der Waals surface area contributed by atoms with Crippen LogP contribution in [0, 0.1) is 6.92 Å². The normalized spacial score (nSPS) is 11.3. The minimum atomic E-state index is -0.182. The lowest BCUT2D eigenvalue weighted by Gasteiger charge is -2.17. The van der Waals surface area contributed by atoms with Crippen molar-refractivity contribution in [1.29, 1.82) is 0 Å². The molecule has 0 spiro atoms. The number of aliphatic hydroxyl groups is 1. The number of aromatic nitrogens is 2. The van der Waals surface area contributed by atoms with Gasteiger partial charge in [0.05, 0.1) is 23.7 Å². The summed E-state index contributed by atoms with van der Waals surface area (Å²) in [6, 6.07) is 15.0. The number of anilines is 1. The maximum atomic E-state index is 12.6. The van der Waals surface area contributed by atoms with Crippen molar-refractivity contribution in [2.75, 3.05) is 25.1 Å². The zero-order valence-electron chi connectivity index (χ0n) is 14.3. The first kappa shape index (κ1) is 16.9. The number of rotatable bonds is 5. The number of para-hydroxylation sites is 1.